The second-order valence-corrected chi connectivity index (χ2v) is 5.92. The number of amides is 1. The van der Waals surface area contributed by atoms with Gasteiger partial charge in [0.1, 0.15) is 5.75 Å². The predicted octanol–water partition coefficient (Wildman–Crippen LogP) is 2.09. The van der Waals surface area contributed by atoms with Crippen molar-refractivity contribution in [2.75, 3.05) is 33.3 Å². The van der Waals surface area contributed by atoms with Gasteiger partial charge in [0, 0.05) is 25.2 Å². The molecule has 0 aromatic heterocycles. The average molecular weight is 446 g/mol. The summed E-state index contributed by atoms with van der Waals surface area (Å²) in [6.45, 7) is 5.12. The number of likely N-dealkylation sites (tertiary alicyclic amines) is 1. The monoisotopic (exact) mass is 446 g/mol. The van der Waals surface area contributed by atoms with Crippen molar-refractivity contribution in [3.63, 3.8) is 0 Å². The first kappa shape index (κ1) is 20.5. The highest BCUT2D eigenvalue weighted by molar-refractivity contribution is 14.0. The standard InChI is InChI=1S/C17H26N4O2.HI/c1-13-4-3-11-21(12-13)17(18)20-10-9-19-16(22)14-5-7-15(23-2)8-6-14;/h5-8,13H,3-4,9-12H2,1-2H3,(H2,18,20)(H,19,22);1H. The molecule has 0 radical (unpaired) electrons. The molecule has 1 amide bonds. The summed E-state index contributed by atoms with van der Waals surface area (Å²) in [6, 6.07) is 7.01. The third kappa shape index (κ3) is 6.18. The smallest absolute Gasteiger partial charge is 0.251 e. The van der Waals surface area contributed by atoms with Gasteiger partial charge in [-0.3, -0.25) is 9.79 Å². The molecule has 1 aromatic carbocycles. The maximum absolute atomic E-state index is 12.0. The first-order valence-electron chi connectivity index (χ1n) is 8.07. The summed E-state index contributed by atoms with van der Waals surface area (Å²) in [7, 11) is 1.60. The highest BCUT2D eigenvalue weighted by Crippen LogP contribution is 2.14. The van der Waals surface area contributed by atoms with Crippen LogP contribution in [0.1, 0.15) is 30.1 Å². The highest BCUT2D eigenvalue weighted by atomic mass is 127. The van der Waals surface area contributed by atoms with Crippen molar-refractivity contribution < 1.29 is 9.53 Å². The Morgan fingerprint density at radius 2 is 2.12 bits per heavy atom. The fraction of sp³-hybridized carbons (Fsp3) is 0.529. The van der Waals surface area contributed by atoms with E-state index < -0.39 is 0 Å². The second kappa shape index (κ2) is 10.4. The Morgan fingerprint density at radius 1 is 1.42 bits per heavy atom. The molecule has 24 heavy (non-hydrogen) atoms. The van der Waals surface area contributed by atoms with Crippen molar-refractivity contribution in [3.8, 4) is 5.75 Å². The zero-order chi connectivity index (χ0) is 16.7. The molecule has 1 fully saturated rings. The minimum absolute atomic E-state index is 0. The van der Waals surface area contributed by atoms with E-state index in [-0.39, 0.29) is 29.9 Å². The third-order valence-corrected chi connectivity index (χ3v) is 4.00. The van der Waals surface area contributed by atoms with Crippen molar-refractivity contribution >= 4 is 35.8 Å². The van der Waals surface area contributed by atoms with Gasteiger partial charge in [0.05, 0.1) is 13.7 Å². The summed E-state index contributed by atoms with van der Waals surface area (Å²) in [5, 5.41) is 2.84. The van der Waals surface area contributed by atoms with Crippen LogP contribution in [0.3, 0.4) is 0 Å². The van der Waals surface area contributed by atoms with Gasteiger partial charge in [0.25, 0.3) is 5.91 Å². The molecule has 7 heteroatoms. The first-order chi connectivity index (χ1) is 11.1. The lowest BCUT2D eigenvalue weighted by Crippen LogP contribution is -2.43. The van der Waals surface area contributed by atoms with Crippen LogP contribution in [0, 0.1) is 5.92 Å². The Bertz CT molecular complexity index is 548. The van der Waals surface area contributed by atoms with Crippen LogP contribution in [0.4, 0.5) is 0 Å². The van der Waals surface area contributed by atoms with Crippen molar-refractivity contribution in [1.82, 2.24) is 10.2 Å². The number of methoxy groups -OCH3 is 1. The summed E-state index contributed by atoms with van der Waals surface area (Å²) in [5.41, 5.74) is 6.62. The van der Waals surface area contributed by atoms with Crippen LogP contribution in [0.15, 0.2) is 29.3 Å². The minimum atomic E-state index is -0.118. The van der Waals surface area contributed by atoms with E-state index in [1.165, 1.54) is 6.42 Å². The molecule has 0 aliphatic carbocycles. The van der Waals surface area contributed by atoms with Gasteiger partial charge in [0.15, 0.2) is 5.96 Å². The maximum atomic E-state index is 12.0. The lowest BCUT2D eigenvalue weighted by Gasteiger charge is -2.31. The number of aliphatic imine (C=N–C) groups is 1. The van der Waals surface area contributed by atoms with E-state index >= 15 is 0 Å². The SMILES string of the molecule is COc1ccc(C(=O)NCCN=C(N)N2CCCC(C)C2)cc1.I. The largest absolute Gasteiger partial charge is 0.497 e. The molecule has 6 nitrogen and oxygen atoms in total. The van der Waals surface area contributed by atoms with Gasteiger partial charge in [-0.2, -0.15) is 0 Å². The average Bonchev–Trinajstić information content (AvgIpc) is 2.58. The van der Waals surface area contributed by atoms with Gasteiger partial charge in [0.2, 0.25) is 0 Å². The molecule has 3 N–H and O–H groups in total. The number of carbonyl (C=O) groups excluding carboxylic acids is 1. The molecule has 1 atom stereocenters. The number of ether oxygens (including phenoxy) is 1. The Hall–Kier alpha value is -1.51. The van der Waals surface area contributed by atoms with Gasteiger partial charge >= 0.3 is 0 Å². The summed E-state index contributed by atoms with van der Waals surface area (Å²) in [4.78, 5) is 18.5. The Balaban J connectivity index is 0.00000288. The Kier molecular flexibility index (Phi) is 8.88. The number of guanidine groups is 1. The van der Waals surface area contributed by atoms with Gasteiger partial charge in [-0.05, 0) is 43.0 Å². The molecule has 1 aliphatic rings. The topological polar surface area (TPSA) is 79.9 Å². The second-order valence-electron chi connectivity index (χ2n) is 5.92. The van der Waals surface area contributed by atoms with Crippen molar-refractivity contribution in [3.05, 3.63) is 29.8 Å². The number of rotatable bonds is 5. The van der Waals surface area contributed by atoms with E-state index in [0.717, 1.165) is 25.3 Å². The van der Waals surface area contributed by atoms with Gasteiger partial charge in [-0.15, -0.1) is 24.0 Å². The molecule has 134 valence electrons. The molecule has 1 saturated heterocycles. The number of benzene rings is 1. The molecule has 1 aliphatic heterocycles. The first-order valence-corrected chi connectivity index (χ1v) is 8.07. The lowest BCUT2D eigenvalue weighted by atomic mass is 10.0. The van der Waals surface area contributed by atoms with Crippen LogP contribution in [-0.4, -0.2) is 50.1 Å². The summed E-state index contributed by atoms with van der Waals surface area (Å²) in [5.74, 6) is 1.85. The van der Waals surface area contributed by atoms with Gasteiger partial charge in [-0.25, -0.2) is 0 Å². The predicted molar refractivity (Wildman–Crippen MR) is 107 cm³/mol. The maximum Gasteiger partial charge on any atom is 0.251 e. The molecule has 0 spiro atoms. The zero-order valence-electron chi connectivity index (χ0n) is 14.3. The number of carbonyl (C=O) groups is 1. The number of hydrogen-bond donors (Lipinski definition) is 2. The molecule has 1 heterocycles. The lowest BCUT2D eigenvalue weighted by molar-refractivity contribution is 0.0954. The number of hydrogen-bond acceptors (Lipinski definition) is 3. The number of nitrogens with zero attached hydrogens (tertiary/aromatic N) is 2. The van der Waals surface area contributed by atoms with Crippen LogP contribution in [0.25, 0.3) is 0 Å². The summed E-state index contributed by atoms with van der Waals surface area (Å²) in [6.07, 6.45) is 2.41. The van der Waals surface area contributed by atoms with E-state index in [1.807, 2.05) is 0 Å². The Morgan fingerprint density at radius 3 is 2.75 bits per heavy atom. The fourth-order valence-electron chi connectivity index (χ4n) is 2.68. The van der Waals surface area contributed by atoms with E-state index in [0.29, 0.717) is 30.5 Å². The summed E-state index contributed by atoms with van der Waals surface area (Å²) >= 11 is 0. The molecule has 2 rings (SSSR count). The number of nitrogens with two attached hydrogens (primary N) is 1. The van der Waals surface area contributed by atoms with E-state index in [9.17, 15) is 4.79 Å². The van der Waals surface area contributed by atoms with Crippen molar-refractivity contribution in [2.45, 2.75) is 19.8 Å². The number of piperidine rings is 1. The van der Waals surface area contributed by atoms with Crippen LogP contribution >= 0.6 is 24.0 Å². The number of halogens is 1. The van der Waals surface area contributed by atoms with Crippen LogP contribution in [-0.2, 0) is 0 Å². The highest BCUT2D eigenvalue weighted by Gasteiger charge is 2.17. The normalized spacial score (nSPS) is 17.8. The van der Waals surface area contributed by atoms with Crippen molar-refractivity contribution in [1.29, 1.82) is 0 Å². The Labute approximate surface area is 160 Å². The van der Waals surface area contributed by atoms with Crippen molar-refractivity contribution in [2.24, 2.45) is 16.6 Å². The van der Waals surface area contributed by atoms with Gasteiger partial charge < -0.3 is 20.7 Å². The molecular weight excluding hydrogens is 419 g/mol. The quantitative estimate of drug-likeness (QED) is 0.314. The molecule has 0 saturated carbocycles. The van der Waals surface area contributed by atoms with E-state index in [2.05, 4.69) is 22.1 Å². The fourth-order valence-corrected chi connectivity index (χ4v) is 2.68. The van der Waals surface area contributed by atoms with E-state index in [1.54, 1.807) is 31.4 Å². The summed E-state index contributed by atoms with van der Waals surface area (Å²) < 4.78 is 5.07. The van der Waals surface area contributed by atoms with Crippen LogP contribution in [0.2, 0.25) is 0 Å². The van der Waals surface area contributed by atoms with Gasteiger partial charge in [-0.1, -0.05) is 6.92 Å². The third-order valence-electron chi connectivity index (χ3n) is 4.00. The molecular formula is C17H27IN4O2. The molecule has 1 unspecified atom stereocenters. The van der Waals surface area contributed by atoms with Crippen LogP contribution in [0.5, 0.6) is 5.75 Å². The minimum Gasteiger partial charge on any atom is -0.497 e. The zero-order valence-corrected chi connectivity index (χ0v) is 16.7. The number of nitrogens with one attached hydrogen (secondary N) is 1. The van der Waals surface area contributed by atoms with E-state index in [4.69, 9.17) is 10.5 Å². The van der Waals surface area contributed by atoms with Crippen LogP contribution < -0.4 is 15.8 Å². The molecule has 1 aromatic rings. The molecule has 0 bridgehead atoms.